The maximum absolute atomic E-state index is 12.7. The molecule has 0 saturated heterocycles. The van der Waals surface area contributed by atoms with Crippen molar-refractivity contribution in [2.75, 3.05) is 11.9 Å². The van der Waals surface area contributed by atoms with Crippen molar-refractivity contribution in [1.29, 1.82) is 0 Å². The number of fused-ring (bicyclic) bond motifs is 1. The first-order valence-electron chi connectivity index (χ1n) is 8.93. The van der Waals surface area contributed by atoms with E-state index in [1.54, 1.807) is 28.8 Å². The smallest absolute Gasteiger partial charge is 0.344 e. The van der Waals surface area contributed by atoms with E-state index in [1.807, 2.05) is 32.9 Å². The third-order valence-corrected chi connectivity index (χ3v) is 4.29. The Balaban J connectivity index is 1.77. The molecule has 7 nitrogen and oxygen atoms in total. The highest BCUT2D eigenvalue weighted by Crippen LogP contribution is 2.12. The Hall–Kier alpha value is -3.48. The molecular weight excluding hydrogens is 358 g/mol. The molecule has 0 bridgehead atoms. The average Bonchev–Trinajstić information content (AvgIpc) is 2.68. The Morgan fingerprint density at radius 2 is 1.82 bits per heavy atom. The number of esters is 1. The second-order valence-electron chi connectivity index (χ2n) is 6.47. The molecule has 2 heterocycles. The lowest BCUT2D eigenvalue weighted by Gasteiger charge is -2.11. The highest BCUT2D eigenvalue weighted by atomic mass is 16.5. The standard InChI is InChI=1S/C21H21N3O4/c1-4-24-11-17(19(26)16-10-7-14(3)22-20(16)24)21(27)28-12-18(25)23-15-8-5-13(2)6-9-15/h5-11H,4,12H2,1-3H3,(H,23,25). The number of nitrogens with one attached hydrogen (secondary N) is 1. The number of hydrogen-bond acceptors (Lipinski definition) is 5. The van der Waals surface area contributed by atoms with Crippen molar-refractivity contribution >= 4 is 28.6 Å². The summed E-state index contributed by atoms with van der Waals surface area (Å²) in [5.41, 5.74) is 2.38. The molecule has 0 aliphatic carbocycles. The number of anilines is 1. The summed E-state index contributed by atoms with van der Waals surface area (Å²) >= 11 is 0. The number of hydrogen-bond donors (Lipinski definition) is 1. The highest BCUT2D eigenvalue weighted by Gasteiger charge is 2.18. The molecule has 0 radical (unpaired) electrons. The van der Waals surface area contributed by atoms with Crippen molar-refractivity contribution in [2.24, 2.45) is 0 Å². The van der Waals surface area contributed by atoms with E-state index in [1.165, 1.54) is 6.20 Å². The van der Waals surface area contributed by atoms with E-state index < -0.39 is 23.9 Å². The summed E-state index contributed by atoms with van der Waals surface area (Å²) in [5.74, 6) is -1.32. The second kappa shape index (κ2) is 8.04. The molecule has 2 aromatic heterocycles. The Kier molecular flexibility index (Phi) is 5.54. The van der Waals surface area contributed by atoms with Crippen LogP contribution in [-0.4, -0.2) is 28.0 Å². The van der Waals surface area contributed by atoms with Gasteiger partial charge in [0, 0.05) is 24.1 Å². The van der Waals surface area contributed by atoms with E-state index >= 15 is 0 Å². The maximum Gasteiger partial charge on any atom is 0.344 e. The summed E-state index contributed by atoms with van der Waals surface area (Å²) in [6, 6.07) is 10.6. The molecule has 0 unspecified atom stereocenters. The first-order chi connectivity index (χ1) is 13.4. The van der Waals surface area contributed by atoms with Crippen LogP contribution in [0.4, 0.5) is 5.69 Å². The number of carbonyl (C=O) groups excluding carboxylic acids is 2. The van der Waals surface area contributed by atoms with Crippen molar-refractivity contribution in [3.8, 4) is 0 Å². The molecule has 0 atom stereocenters. The third-order valence-electron chi connectivity index (χ3n) is 4.29. The molecule has 3 aromatic rings. The molecule has 1 N–H and O–H groups in total. The summed E-state index contributed by atoms with van der Waals surface area (Å²) in [5, 5.41) is 2.98. The number of amides is 1. The van der Waals surface area contributed by atoms with Gasteiger partial charge in [-0.2, -0.15) is 0 Å². The molecule has 7 heteroatoms. The van der Waals surface area contributed by atoms with E-state index in [0.29, 0.717) is 23.3 Å². The average molecular weight is 379 g/mol. The van der Waals surface area contributed by atoms with Gasteiger partial charge in [-0.05, 0) is 45.0 Å². The number of aromatic nitrogens is 2. The summed E-state index contributed by atoms with van der Waals surface area (Å²) in [6.07, 6.45) is 1.43. The second-order valence-corrected chi connectivity index (χ2v) is 6.47. The topological polar surface area (TPSA) is 90.3 Å². The minimum atomic E-state index is -0.839. The maximum atomic E-state index is 12.7. The highest BCUT2D eigenvalue weighted by molar-refractivity contribution is 5.96. The van der Waals surface area contributed by atoms with Gasteiger partial charge < -0.3 is 14.6 Å². The van der Waals surface area contributed by atoms with Crippen molar-refractivity contribution in [3.63, 3.8) is 0 Å². The normalized spacial score (nSPS) is 10.7. The Morgan fingerprint density at radius 1 is 1.11 bits per heavy atom. The molecule has 0 spiro atoms. The molecule has 144 valence electrons. The fourth-order valence-electron chi connectivity index (χ4n) is 2.79. The van der Waals surface area contributed by atoms with Crippen LogP contribution in [0.15, 0.2) is 47.4 Å². The molecule has 28 heavy (non-hydrogen) atoms. The Morgan fingerprint density at radius 3 is 2.50 bits per heavy atom. The predicted octanol–water partition coefficient (Wildman–Crippen LogP) is 2.83. The monoisotopic (exact) mass is 379 g/mol. The minimum absolute atomic E-state index is 0.122. The van der Waals surface area contributed by atoms with Crippen LogP contribution in [0.5, 0.6) is 0 Å². The zero-order valence-corrected chi connectivity index (χ0v) is 16.0. The molecule has 0 aliphatic heterocycles. The van der Waals surface area contributed by atoms with Gasteiger partial charge in [0.1, 0.15) is 11.2 Å². The van der Waals surface area contributed by atoms with Crippen LogP contribution in [0.2, 0.25) is 0 Å². The van der Waals surface area contributed by atoms with Crippen molar-refractivity contribution < 1.29 is 14.3 Å². The Bertz CT molecular complexity index is 1100. The molecule has 3 rings (SSSR count). The lowest BCUT2D eigenvalue weighted by Crippen LogP contribution is -2.25. The molecule has 1 aromatic carbocycles. The van der Waals surface area contributed by atoms with Gasteiger partial charge in [-0.3, -0.25) is 9.59 Å². The van der Waals surface area contributed by atoms with Crippen LogP contribution < -0.4 is 10.7 Å². The molecule has 0 fully saturated rings. The van der Waals surface area contributed by atoms with E-state index in [2.05, 4.69) is 10.3 Å². The van der Waals surface area contributed by atoms with Gasteiger partial charge in [-0.1, -0.05) is 17.7 Å². The van der Waals surface area contributed by atoms with Crippen LogP contribution in [-0.2, 0) is 16.1 Å². The largest absolute Gasteiger partial charge is 0.452 e. The third kappa shape index (κ3) is 4.09. The lowest BCUT2D eigenvalue weighted by atomic mass is 10.2. The SMILES string of the molecule is CCn1cc(C(=O)OCC(=O)Nc2ccc(C)cc2)c(=O)c2ccc(C)nc21. The first kappa shape index (κ1) is 19.3. The Labute approximate surface area is 162 Å². The fraction of sp³-hybridized carbons (Fsp3) is 0.238. The first-order valence-corrected chi connectivity index (χ1v) is 8.93. The van der Waals surface area contributed by atoms with Gasteiger partial charge >= 0.3 is 5.97 Å². The number of nitrogens with zero attached hydrogens (tertiary/aromatic N) is 2. The lowest BCUT2D eigenvalue weighted by molar-refractivity contribution is -0.119. The van der Waals surface area contributed by atoms with Crippen LogP contribution >= 0.6 is 0 Å². The van der Waals surface area contributed by atoms with E-state index in [0.717, 1.165) is 11.3 Å². The van der Waals surface area contributed by atoms with Gasteiger partial charge in [-0.15, -0.1) is 0 Å². The molecule has 0 saturated carbocycles. The molecule has 1 amide bonds. The van der Waals surface area contributed by atoms with Gasteiger partial charge in [0.2, 0.25) is 5.43 Å². The van der Waals surface area contributed by atoms with E-state index in [4.69, 9.17) is 4.74 Å². The quantitative estimate of drug-likeness (QED) is 0.689. The van der Waals surface area contributed by atoms with Crippen molar-refractivity contribution in [1.82, 2.24) is 9.55 Å². The van der Waals surface area contributed by atoms with Gasteiger partial charge in [-0.25, -0.2) is 9.78 Å². The predicted molar refractivity (Wildman–Crippen MR) is 107 cm³/mol. The number of rotatable bonds is 5. The number of aryl methyl sites for hydroxylation is 3. The summed E-state index contributed by atoms with van der Waals surface area (Å²) in [4.78, 5) is 41.5. The van der Waals surface area contributed by atoms with Crippen LogP contribution in [0.3, 0.4) is 0 Å². The zero-order valence-electron chi connectivity index (χ0n) is 16.0. The molecular formula is C21H21N3O4. The summed E-state index contributed by atoms with van der Waals surface area (Å²) in [7, 11) is 0. The van der Waals surface area contributed by atoms with Gasteiger partial charge in [0.25, 0.3) is 5.91 Å². The number of pyridine rings is 2. The van der Waals surface area contributed by atoms with E-state index in [-0.39, 0.29) is 5.56 Å². The zero-order chi connectivity index (χ0) is 20.3. The summed E-state index contributed by atoms with van der Waals surface area (Å²) in [6.45, 7) is 5.71. The van der Waals surface area contributed by atoms with E-state index in [9.17, 15) is 14.4 Å². The fourth-order valence-corrected chi connectivity index (χ4v) is 2.79. The molecule has 0 aliphatic rings. The number of ether oxygens (including phenoxy) is 1. The number of carbonyl (C=O) groups is 2. The summed E-state index contributed by atoms with van der Waals surface area (Å²) < 4.78 is 6.77. The van der Waals surface area contributed by atoms with Crippen LogP contribution in [0.1, 0.15) is 28.5 Å². The van der Waals surface area contributed by atoms with Gasteiger partial charge in [0.05, 0.1) is 5.39 Å². The van der Waals surface area contributed by atoms with Gasteiger partial charge in [0.15, 0.2) is 6.61 Å². The number of benzene rings is 1. The van der Waals surface area contributed by atoms with Crippen molar-refractivity contribution in [2.45, 2.75) is 27.3 Å². The van der Waals surface area contributed by atoms with Crippen LogP contribution in [0, 0.1) is 13.8 Å². The minimum Gasteiger partial charge on any atom is -0.452 e. The van der Waals surface area contributed by atoms with Crippen LogP contribution in [0.25, 0.3) is 11.0 Å². The van der Waals surface area contributed by atoms with Crippen molar-refractivity contribution in [3.05, 3.63) is 69.6 Å².